The summed E-state index contributed by atoms with van der Waals surface area (Å²) in [6.45, 7) is 0. The van der Waals surface area contributed by atoms with Crippen LogP contribution in [-0.2, 0) is 0 Å². The highest BCUT2D eigenvalue weighted by molar-refractivity contribution is 7.26. The summed E-state index contributed by atoms with van der Waals surface area (Å²) in [5.41, 5.74) is 10.4. The van der Waals surface area contributed by atoms with Gasteiger partial charge in [-0.2, -0.15) is 0 Å². The summed E-state index contributed by atoms with van der Waals surface area (Å²) in [4.78, 5) is 0. The SMILES string of the molecule is c1ccc(-n2c3ccccc3c3sc4cccc(-c5ccc(-c6cccc7oc8c9ccccc9ccc8c67)cc5)c4c32)cc1. The molecule has 3 heteroatoms. The van der Waals surface area contributed by atoms with Crippen molar-refractivity contribution >= 4 is 75.3 Å². The van der Waals surface area contributed by atoms with E-state index in [4.69, 9.17) is 4.42 Å². The van der Waals surface area contributed by atoms with Crippen molar-refractivity contribution in [3.05, 3.63) is 152 Å². The number of benzene rings is 7. The van der Waals surface area contributed by atoms with Crippen molar-refractivity contribution in [3.63, 3.8) is 0 Å². The van der Waals surface area contributed by atoms with Gasteiger partial charge in [0.05, 0.1) is 15.7 Å². The second kappa shape index (κ2) is 9.43. The number of rotatable bonds is 3. The molecule has 10 aromatic rings. The molecular formula is C42H25NOS. The van der Waals surface area contributed by atoms with Gasteiger partial charge in [-0.05, 0) is 64.0 Å². The largest absolute Gasteiger partial charge is 0.455 e. The van der Waals surface area contributed by atoms with Crippen LogP contribution in [-0.4, -0.2) is 4.57 Å². The Morgan fingerprint density at radius 1 is 0.489 bits per heavy atom. The number of hydrogen-bond acceptors (Lipinski definition) is 2. The van der Waals surface area contributed by atoms with E-state index in [2.05, 4.69) is 156 Å². The molecule has 0 aliphatic heterocycles. The first-order chi connectivity index (χ1) is 22.3. The number of furan rings is 1. The lowest BCUT2D eigenvalue weighted by Crippen LogP contribution is -1.93. The zero-order valence-corrected chi connectivity index (χ0v) is 25.0. The van der Waals surface area contributed by atoms with Gasteiger partial charge < -0.3 is 8.98 Å². The molecule has 0 bridgehead atoms. The van der Waals surface area contributed by atoms with Crippen LogP contribution < -0.4 is 0 Å². The van der Waals surface area contributed by atoms with Crippen LogP contribution in [0.5, 0.6) is 0 Å². The summed E-state index contributed by atoms with van der Waals surface area (Å²) >= 11 is 1.89. The highest BCUT2D eigenvalue weighted by atomic mass is 32.1. The van der Waals surface area contributed by atoms with Crippen LogP contribution in [0.15, 0.2) is 156 Å². The Balaban J connectivity index is 1.18. The van der Waals surface area contributed by atoms with E-state index in [0.717, 1.165) is 21.9 Å². The first kappa shape index (κ1) is 24.8. The molecule has 45 heavy (non-hydrogen) atoms. The Bertz CT molecular complexity index is 2740. The molecule has 0 saturated carbocycles. The molecule has 10 rings (SSSR count). The average Bonchev–Trinajstić information content (AvgIpc) is 3.78. The third-order valence-corrected chi connectivity index (χ3v) is 10.4. The molecule has 3 heterocycles. The fraction of sp³-hybridized carbons (Fsp3) is 0. The maximum atomic E-state index is 6.47. The standard InChI is InChI=1S/C42H25NOS/c1-2-11-29(12-3-1)43-35-17-7-6-14-33(35)42-40(43)39-31(16-9-19-37(39)45-42)28-22-20-27(21-23-28)30-15-8-18-36-38(30)34-25-24-26-10-4-5-13-32(26)41(34)44-36/h1-25H. The molecule has 0 aliphatic rings. The van der Waals surface area contributed by atoms with Crippen molar-refractivity contribution in [1.29, 1.82) is 0 Å². The minimum Gasteiger partial charge on any atom is -0.455 e. The Morgan fingerprint density at radius 3 is 2.00 bits per heavy atom. The summed E-state index contributed by atoms with van der Waals surface area (Å²) in [7, 11) is 0. The highest BCUT2D eigenvalue weighted by Crippen LogP contribution is 2.46. The molecule has 0 spiro atoms. The van der Waals surface area contributed by atoms with Crippen LogP contribution in [0.4, 0.5) is 0 Å². The van der Waals surface area contributed by atoms with Gasteiger partial charge in [0, 0.05) is 37.3 Å². The third-order valence-electron chi connectivity index (χ3n) is 9.21. The molecule has 0 unspecified atom stereocenters. The number of para-hydroxylation sites is 2. The fourth-order valence-electron chi connectivity index (χ4n) is 7.22. The molecule has 0 aliphatic carbocycles. The van der Waals surface area contributed by atoms with Crippen LogP contribution in [0.25, 0.3) is 91.9 Å². The van der Waals surface area contributed by atoms with Gasteiger partial charge in [-0.1, -0.05) is 115 Å². The quantitative estimate of drug-likeness (QED) is 0.200. The fourth-order valence-corrected chi connectivity index (χ4v) is 8.47. The molecule has 3 aromatic heterocycles. The van der Waals surface area contributed by atoms with Crippen molar-refractivity contribution in [2.24, 2.45) is 0 Å². The van der Waals surface area contributed by atoms with Gasteiger partial charge in [0.2, 0.25) is 0 Å². The number of nitrogens with zero attached hydrogens (tertiary/aromatic N) is 1. The minimum absolute atomic E-state index is 0.919. The van der Waals surface area contributed by atoms with E-state index in [1.807, 2.05) is 11.3 Å². The van der Waals surface area contributed by atoms with Gasteiger partial charge in [0.25, 0.3) is 0 Å². The molecule has 0 amide bonds. The van der Waals surface area contributed by atoms with Crippen LogP contribution in [0.1, 0.15) is 0 Å². The Labute approximate surface area is 263 Å². The summed E-state index contributed by atoms with van der Waals surface area (Å²) in [5.74, 6) is 0. The smallest absolute Gasteiger partial charge is 0.143 e. The molecule has 0 N–H and O–H groups in total. The number of hydrogen-bond donors (Lipinski definition) is 0. The topological polar surface area (TPSA) is 18.1 Å². The lowest BCUT2D eigenvalue weighted by molar-refractivity contribution is 0.673. The summed E-state index contributed by atoms with van der Waals surface area (Å²) in [6.07, 6.45) is 0. The molecule has 0 fully saturated rings. The minimum atomic E-state index is 0.919. The molecule has 2 nitrogen and oxygen atoms in total. The average molecular weight is 592 g/mol. The van der Waals surface area contributed by atoms with Crippen molar-refractivity contribution < 1.29 is 4.42 Å². The molecule has 0 radical (unpaired) electrons. The van der Waals surface area contributed by atoms with E-state index >= 15 is 0 Å². The van der Waals surface area contributed by atoms with E-state index in [-0.39, 0.29) is 0 Å². The van der Waals surface area contributed by atoms with Crippen molar-refractivity contribution in [3.8, 4) is 27.9 Å². The number of aromatic nitrogens is 1. The van der Waals surface area contributed by atoms with Gasteiger partial charge in [0.1, 0.15) is 11.2 Å². The first-order valence-corrected chi connectivity index (χ1v) is 16.1. The molecular weight excluding hydrogens is 567 g/mol. The first-order valence-electron chi connectivity index (χ1n) is 15.3. The van der Waals surface area contributed by atoms with E-state index in [1.54, 1.807) is 0 Å². The second-order valence-electron chi connectivity index (χ2n) is 11.7. The summed E-state index contributed by atoms with van der Waals surface area (Å²) in [6, 6.07) is 54.5. The molecule has 210 valence electrons. The van der Waals surface area contributed by atoms with Gasteiger partial charge in [-0.15, -0.1) is 11.3 Å². The van der Waals surface area contributed by atoms with E-state index in [9.17, 15) is 0 Å². The van der Waals surface area contributed by atoms with E-state index in [0.29, 0.717) is 0 Å². The summed E-state index contributed by atoms with van der Waals surface area (Å²) < 4.78 is 11.6. The third kappa shape index (κ3) is 3.56. The number of thiophene rings is 1. The van der Waals surface area contributed by atoms with Gasteiger partial charge >= 0.3 is 0 Å². The van der Waals surface area contributed by atoms with Crippen LogP contribution >= 0.6 is 11.3 Å². The van der Waals surface area contributed by atoms with Crippen LogP contribution in [0.2, 0.25) is 0 Å². The predicted molar refractivity (Wildman–Crippen MR) is 192 cm³/mol. The Hall–Kier alpha value is -5.64. The van der Waals surface area contributed by atoms with E-state index in [1.165, 1.54) is 69.9 Å². The number of fused-ring (bicyclic) bond motifs is 10. The van der Waals surface area contributed by atoms with Gasteiger partial charge in [-0.25, -0.2) is 0 Å². The zero-order valence-electron chi connectivity index (χ0n) is 24.2. The normalized spacial score (nSPS) is 12.0. The van der Waals surface area contributed by atoms with Gasteiger partial charge in [-0.3, -0.25) is 0 Å². The molecule has 7 aromatic carbocycles. The second-order valence-corrected chi connectivity index (χ2v) is 12.7. The van der Waals surface area contributed by atoms with Crippen LogP contribution in [0, 0.1) is 0 Å². The highest BCUT2D eigenvalue weighted by Gasteiger charge is 2.20. The molecule has 0 atom stereocenters. The Morgan fingerprint density at radius 2 is 1.18 bits per heavy atom. The van der Waals surface area contributed by atoms with E-state index < -0.39 is 0 Å². The van der Waals surface area contributed by atoms with Crippen molar-refractivity contribution in [2.75, 3.05) is 0 Å². The Kier molecular flexibility index (Phi) is 5.19. The van der Waals surface area contributed by atoms with Crippen molar-refractivity contribution in [2.45, 2.75) is 0 Å². The maximum absolute atomic E-state index is 6.47. The monoisotopic (exact) mass is 591 g/mol. The van der Waals surface area contributed by atoms with Gasteiger partial charge in [0.15, 0.2) is 0 Å². The lowest BCUT2D eigenvalue weighted by Gasteiger charge is -2.11. The molecule has 0 saturated heterocycles. The summed E-state index contributed by atoms with van der Waals surface area (Å²) in [5, 5.41) is 7.27. The van der Waals surface area contributed by atoms with Crippen molar-refractivity contribution in [1.82, 2.24) is 4.57 Å². The predicted octanol–water partition coefficient (Wildman–Crippen LogP) is 12.4. The zero-order chi connectivity index (χ0) is 29.5. The lowest BCUT2D eigenvalue weighted by atomic mass is 9.95. The van der Waals surface area contributed by atoms with Crippen LogP contribution in [0.3, 0.4) is 0 Å². The maximum Gasteiger partial charge on any atom is 0.143 e.